The van der Waals surface area contributed by atoms with Gasteiger partial charge in [0.1, 0.15) is 0 Å². The van der Waals surface area contributed by atoms with E-state index in [0.29, 0.717) is 5.56 Å². The maximum atomic E-state index is 11.4. The zero-order valence-electron chi connectivity index (χ0n) is 13.1. The standard InChI is InChI=1S/C16H24N2O3/c1-5-14(18-11(2)19)10-15(17-3)12-6-8-13(9-7-12)16(20)21-4/h6-9,14-15,17H,5,10H2,1-4H3,(H,18,19). The molecule has 5 nitrogen and oxygen atoms in total. The molecule has 1 amide bonds. The second-order valence-electron chi connectivity index (χ2n) is 5.00. The SMILES string of the molecule is CCC(CC(NC)c1ccc(C(=O)OC)cc1)NC(C)=O. The fourth-order valence-electron chi connectivity index (χ4n) is 2.29. The van der Waals surface area contributed by atoms with Crippen LogP contribution in [0.2, 0.25) is 0 Å². The highest BCUT2D eigenvalue weighted by atomic mass is 16.5. The number of carbonyl (C=O) groups excluding carboxylic acids is 2. The number of amides is 1. The molecular formula is C16H24N2O3. The number of esters is 1. The van der Waals surface area contributed by atoms with Gasteiger partial charge in [-0.15, -0.1) is 0 Å². The maximum Gasteiger partial charge on any atom is 0.337 e. The van der Waals surface area contributed by atoms with Gasteiger partial charge in [0, 0.05) is 19.0 Å². The zero-order valence-corrected chi connectivity index (χ0v) is 13.1. The summed E-state index contributed by atoms with van der Waals surface area (Å²) in [5.74, 6) is -0.356. The van der Waals surface area contributed by atoms with E-state index in [1.807, 2.05) is 26.1 Å². The summed E-state index contributed by atoms with van der Waals surface area (Å²) in [5.41, 5.74) is 1.61. The summed E-state index contributed by atoms with van der Waals surface area (Å²) in [6, 6.07) is 7.58. The van der Waals surface area contributed by atoms with Crippen molar-refractivity contribution >= 4 is 11.9 Å². The Balaban J connectivity index is 2.79. The minimum atomic E-state index is -0.341. The van der Waals surface area contributed by atoms with Crippen molar-refractivity contribution in [3.05, 3.63) is 35.4 Å². The molecule has 5 heteroatoms. The molecule has 0 fully saturated rings. The van der Waals surface area contributed by atoms with Crippen LogP contribution in [-0.2, 0) is 9.53 Å². The number of ether oxygens (including phenoxy) is 1. The Bertz CT molecular complexity index is 471. The topological polar surface area (TPSA) is 67.4 Å². The van der Waals surface area contributed by atoms with Gasteiger partial charge in [0.15, 0.2) is 0 Å². The van der Waals surface area contributed by atoms with E-state index in [-0.39, 0.29) is 24.0 Å². The van der Waals surface area contributed by atoms with Crippen LogP contribution < -0.4 is 10.6 Å². The Morgan fingerprint density at radius 3 is 2.29 bits per heavy atom. The highest BCUT2D eigenvalue weighted by Gasteiger charge is 2.17. The number of benzene rings is 1. The third-order valence-corrected chi connectivity index (χ3v) is 3.50. The highest BCUT2D eigenvalue weighted by Crippen LogP contribution is 2.20. The van der Waals surface area contributed by atoms with Gasteiger partial charge in [-0.25, -0.2) is 4.79 Å². The molecule has 2 N–H and O–H groups in total. The first kappa shape index (κ1) is 17.2. The van der Waals surface area contributed by atoms with Gasteiger partial charge in [-0.2, -0.15) is 0 Å². The van der Waals surface area contributed by atoms with Gasteiger partial charge in [-0.05, 0) is 37.6 Å². The van der Waals surface area contributed by atoms with Crippen LogP contribution in [-0.4, -0.2) is 32.1 Å². The van der Waals surface area contributed by atoms with Crippen LogP contribution in [0, 0.1) is 0 Å². The van der Waals surface area contributed by atoms with Crippen molar-refractivity contribution in [3.63, 3.8) is 0 Å². The van der Waals surface area contributed by atoms with E-state index in [1.54, 1.807) is 12.1 Å². The molecule has 0 saturated carbocycles. The molecule has 0 aliphatic rings. The fraction of sp³-hybridized carbons (Fsp3) is 0.500. The summed E-state index contributed by atoms with van der Waals surface area (Å²) in [5, 5.41) is 6.20. The van der Waals surface area contributed by atoms with Crippen molar-refractivity contribution in [1.29, 1.82) is 0 Å². The molecular weight excluding hydrogens is 268 g/mol. The normalized spacial score (nSPS) is 13.3. The molecule has 21 heavy (non-hydrogen) atoms. The highest BCUT2D eigenvalue weighted by molar-refractivity contribution is 5.89. The third kappa shape index (κ3) is 5.19. The molecule has 1 aromatic rings. The number of carbonyl (C=O) groups is 2. The summed E-state index contributed by atoms with van der Waals surface area (Å²) < 4.78 is 4.69. The molecule has 0 spiro atoms. The van der Waals surface area contributed by atoms with Crippen LogP contribution >= 0.6 is 0 Å². The van der Waals surface area contributed by atoms with Gasteiger partial charge in [-0.3, -0.25) is 4.79 Å². The van der Waals surface area contributed by atoms with E-state index in [4.69, 9.17) is 0 Å². The van der Waals surface area contributed by atoms with E-state index in [1.165, 1.54) is 14.0 Å². The zero-order chi connectivity index (χ0) is 15.8. The molecule has 0 bridgehead atoms. The van der Waals surface area contributed by atoms with Crippen molar-refractivity contribution in [3.8, 4) is 0 Å². The third-order valence-electron chi connectivity index (χ3n) is 3.50. The first-order valence-corrected chi connectivity index (χ1v) is 7.14. The van der Waals surface area contributed by atoms with Crippen molar-refractivity contribution in [2.45, 2.75) is 38.8 Å². The molecule has 116 valence electrons. The molecule has 0 aliphatic carbocycles. The summed E-state index contributed by atoms with van der Waals surface area (Å²) >= 11 is 0. The van der Waals surface area contributed by atoms with Gasteiger partial charge >= 0.3 is 5.97 Å². The predicted molar refractivity (Wildman–Crippen MR) is 82.1 cm³/mol. The summed E-state index contributed by atoms with van der Waals surface area (Å²) in [4.78, 5) is 22.6. The predicted octanol–water partition coefficient (Wildman–Crippen LogP) is 2.04. The summed E-state index contributed by atoms with van der Waals surface area (Å²) in [6.07, 6.45) is 1.67. The molecule has 1 aromatic carbocycles. The average Bonchev–Trinajstić information content (AvgIpc) is 2.50. The fourth-order valence-corrected chi connectivity index (χ4v) is 2.29. The largest absolute Gasteiger partial charge is 0.465 e. The molecule has 0 heterocycles. The number of rotatable bonds is 7. The van der Waals surface area contributed by atoms with Crippen LogP contribution in [0.4, 0.5) is 0 Å². The van der Waals surface area contributed by atoms with Gasteiger partial charge in [0.25, 0.3) is 0 Å². The van der Waals surface area contributed by atoms with E-state index in [9.17, 15) is 9.59 Å². The number of hydrogen-bond donors (Lipinski definition) is 2. The van der Waals surface area contributed by atoms with E-state index < -0.39 is 0 Å². The monoisotopic (exact) mass is 292 g/mol. The van der Waals surface area contributed by atoms with Crippen LogP contribution in [0.5, 0.6) is 0 Å². The second kappa shape index (κ2) is 8.42. The summed E-state index contributed by atoms with van der Waals surface area (Å²) in [6.45, 7) is 3.58. The molecule has 0 radical (unpaired) electrons. The van der Waals surface area contributed by atoms with Crippen molar-refractivity contribution in [1.82, 2.24) is 10.6 Å². The van der Waals surface area contributed by atoms with E-state index in [0.717, 1.165) is 18.4 Å². The van der Waals surface area contributed by atoms with Crippen LogP contribution in [0.1, 0.15) is 48.7 Å². The summed E-state index contributed by atoms with van der Waals surface area (Å²) in [7, 11) is 3.26. The van der Waals surface area contributed by atoms with Crippen molar-refractivity contribution < 1.29 is 14.3 Å². The first-order chi connectivity index (χ1) is 10.0. The van der Waals surface area contributed by atoms with Crippen molar-refractivity contribution in [2.24, 2.45) is 0 Å². The van der Waals surface area contributed by atoms with Gasteiger partial charge in [-0.1, -0.05) is 19.1 Å². The lowest BCUT2D eigenvalue weighted by Crippen LogP contribution is -2.35. The molecule has 2 unspecified atom stereocenters. The quantitative estimate of drug-likeness (QED) is 0.755. The molecule has 0 saturated heterocycles. The number of methoxy groups -OCH3 is 1. The lowest BCUT2D eigenvalue weighted by Gasteiger charge is -2.23. The lowest BCUT2D eigenvalue weighted by atomic mass is 9.97. The average molecular weight is 292 g/mol. The molecule has 0 aliphatic heterocycles. The van der Waals surface area contributed by atoms with Gasteiger partial charge in [0.2, 0.25) is 5.91 Å². The van der Waals surface area contributed by atoms with Crippen LogP contribution in [0.15, 0.2) is 24.3 Å². The van der Waals surface area contributed by atoms with Crippen LogP contribution in [0.25, 0.3) is 0 Å². The van der Waals surface area contributed by atoms with Crippen molar-refractivity contribution in [2.75, 3.05) is 14.2 Å². The first-order valence-electron chi connectivity index (χ1n) is 7.14. The number of hydrogen-bond acceptors (Lipinski definition) is 4. The second-order valence-corrected chi connectivity index (χ2v) is 5.00. The Labute approximate surface area is 126 Å². The van der Waals surface area contributed by atoms with Crippen LogP contribution in [0.3, 0.4) is 0 Å². The van der Waals surface area contributed by atoms with E-state index in [2.05, 4.69) is 15.4 Å². The minimum absolute atomic E-state index is 0.0160. The van der Waals surface area contributed by atoms with Gasteiger partial charge < -0.3 is 15.4 Å². The Morgan fingerprint density at radius 2 is 1.86 bits per heavy atom. The Hall–Kier alpha value is -1.88. The Kier molecular flexibility index (Phi) is 6.88. The van der Waals surface area contributed by atoms with E-state index >= 15 is 0 Å². The maximum absolute atomic E-state index is 11.4. The van der Waals surface area contributed by atoms with Gasteiger partial charge in [0.05, 0.1) is 12.7 Å². The lowest BCUT2D eigenvalue weighted by molar-refractivity contribution is -0.119. The molecule has 2 atom stereocenters. The number of nitrogens with one attached hydrogen (secondary N) is 2. The minimum Gasteiger partial charge on any atom is -0.465 e. The molecule has 1 rings (SSSR count). The molecule has 0 aromatic heterocycles. The smallest absolute Gasteiger partial charge is 0.337 e. The Morgan fingerprint density at radius 1 is 1.24 bits per heavy atom.